The van der Waals surface area contributed by atoms with Crippen molar-refractivity contribution in [2.75, 3.05) is 33.5 Å². The molecule has 0 saturated heterocycles. The van der Waals surface area contributed by atoms with E-state index in [9.17, 15) is 9.90 Å². The standard InChI is InChI=1S/C30H41N5O3S/c1-5-6-10-24-17-23-9-7-8-11-25(23)27(34-24)38-15-14-35(2,3)26-13-12-21(18-30(26,37)28(31)36)16-22-19-32-29(39-4)33-20-22/h7-9,11,17,19-21,26,37H,5-6,10,12-16,18H2,1-4H3,(H-,31,36)/p+1/t21?,26-,30-/m0/s1. The predicted molar refractivity (Wildman–Crippen MR) is 156 cm³/mol. The highest BCUT2D eigenvalue weighted by molar-refractivity contribution is 7.98. The molecule has 0 spiro atoms. The lowest BCUT2D eigenvalue weighted by atomic mass is 9.71. The number of aliphatic hydroxyl groups is 1. The number of primary amides is 1. The zero-order chi connectivity index (χ0) is 28.0. The second kappa shape index (κ2) is 12.6. The number of likely N-dealkylation sites (N-methyl/N-ethyl adjacent to an activating group) is 1. The van der Waals surface area contributed by atoms with Gasteiger partial charge in [0.1, 0.15) is 19.2 Å². The van der Waals surface area contributed by atoms with Crippen molar-refractivity contribution in [3.63, 3.8) is 0 Å². The molecule has 39 heavy (non-hydrogen) atoms. The van der Waals surface area contributed by atoms with Crippen molar-refractivity contribution >= 4 is 28.4 Å². The largest absolute Gasteiger partial charge is 0.471 e. The van der Waals surface area contributed by atoms with Crippen LogP contribution < -0.4 is 10.5 Å². The third-order valence-electron chi connectivity index (χ3n) is 8.11. The fourth-order valence-corrected chi connectivity index (χ4v) is 6.23. The number of hydrogen-bond acceptors (Lipinski definition) is 7. The number of unbranched alkanes of at least 4 members (excludes halogenated alkanes) is 1. The minimum absolute atomic E-state index is 0.125. The van der Waals surface area contributed by atoms with E-state index in [1.165, 1.54) is 11.8 Å². The molecule has 9 heteroatoms. The Hall–Kier alpha value is -2.75. The summed E-state index contributed by atoms with van der Waals surface area (Å²) in [6, 6.07) is 9.97. The van der Waals surface area contributed by atoms with Crippen molar-refractivity contribution in [3.8, 4) is 5.88 Å². The molecule has 3 aromatic rings. The topological polar surface area (TPSA) is 111 Å². The SMILES string of the molecule is CCCCc1cc2ccccc2c(OCC[N+](C)(C)[C@H]2CCC(Cc3cnc(SC)nc3)C[C@@]2(O)C(N)=O)n1. The Kier molecular flexibility index (Phi) is 9.46. The van der Waals surface area contributed by atoms with E-state index in [1.807, 2.05) is 50.9 Å². The minimum Gasteiger partial charge on any atom is -0.471 e. The Morgan fingerprint density at radius 3 is 2.67 bits per heavy atom. The predicted octanol–water partition coefficient (Wildman–Crippen LogP) is 4.17. The molecule has 0 bridgehead atoms. The van der Waals surface area contributed by atoms with E-state index < -0.39 is 11.5 Å². The second-order valence-electron chi connectivity index (χ2n) is 11.3. The molecule has 210 valence electrons. The Bertz CT molecular complexity index is 1270. The van der Waals surface area contributed by atoms with Crippen LogP contribution in [0.25, 0.3) is 10.8 Å². The summed E-state index contributed by atoms with van der Waals surface area (Å²) < 4.78 is 6.70. The van der Waals surface area contributed by atoms with E-state index >= 15 is 0 Å². The smallest absolute Gasteiger partial charge is 0.255 e. The molecule has 1 aliphatic rings. The summed E-state index contributed by atoms with van der Waals surface area (Å²) in [5, 5.41) is 14.5. The summed E-state index contributed by atoms with van der Waals surface area (Å²) in [6.07, 6.45) is 11.3. The maximum Gasteiger partial charge on any atom is 0.255 e. The number of thioether (sulfide) groups is 1. The summed E-state index contributed by atoms with van der Waals surface area (Å²) in [5.74, 6) is 0.109. The number of aromatic nitrogens is 3. The van der Waals surface area contributed by atoms with Crippen molar-refractivity contribution in [3.05, 3.63) is 54.0 Å². The van der Waals surface area contributed by atoms with Gasteiger partial charge >= 0.3 is 0 Å². The number of carbonyl (C=O) groups excluding carboxylic acids is 1. The zero-order valence-corrected chi connectivity index (χ0v) is 24.4. The maximum absolute atomic E-state index is 12.7. The maximum atomic E-state index is 12.7. The number of nitrogens with two attached hydrogens (primary N) is 1. The number of nitrogens with zero attached hydrogens (tertiary/aromatic N) is 4. The van der Waals surface area contributed by atoms with Gasteiger partial charge in [-0.25, -0.2) is 15.0 Å². The molecule has 2 heterocycles. The van der Waals surface area contributed by atoms with Crippen LogP contribution in [0.1, 0.15) is 50.3 Å². The molecule has 1 fully saturated rings. The van der Waals surface area contributed by atoms with Gasteiger partial charge in [-0.15, -0.1) is 0 Å². The first-order chi connectivity index (χ1) is 18.7. The van der Waals surface area contributed by atoms with Crippen LogP contribution in [0.15, 0.2) is 47.9 Å². The van der Waals surface area contributed by atoms with E-state index in [0.717, 1.165) is 52.9 Å². The normalized spacial score (nSPS) is 21.7. The minimum atomic E-state index is -1.60. The van der Waals surface area contributed by atoms with E-state index in [1.54, 1.807) is 0 Å². The van der Waals surface area contributed by atoms with Gasteiger partial charge in [0.25, 0.3) is 5.91 Å². The van der Waals surface area contributed by atoms with E-state index in [-0.39, 0.29) is 12.0 Å². The Balaban J connectivity index is 1.44. The Morgan fingerprint density at radius 2 is 1.97 bits per heavy atom. The molecule has 1 unspecified atom stereocenters. The van der Waals surface area contributed by atoms with Crippen LogP contribution in [0, 0.1) is 5.92 Å². The summed E-state index contributed by atoms with van der Waals surface area (Å²) in [5.41, 5.74) is 6.30. The number of carbonyl (C=O) groups is 1. The molecule has 8 nitrogen and oxygen atoms in total. The fourth-order valence-electron chi connectivity index (χ4n) is 5.91. The lowest BCUT2D eigenvalue weighted by Crippen LogP contribution is -2.68. The molecule has 3 N–H and O–H groups in total. The highest BCUT2D eigenvalue weighted by atomic mass is 32.2. The summed E-state index contributed by atoms with van der Waals surface area (Å²) in [6.45, 7) is 3.19. The van der Waals surface area contributed by atoms with Gasteiger partial charge in [0, 0.05) is 29.9 Å². The van der Waals surface area contributed by atoms with Crippen LogP contribution in [-0.4, -0.2) is 75.6 Å². The van der Waals surface area contributed by atoms with Gasteiger partial charge in [-0.2, -0.15) is 0 Å². The number of ether oxygens (including phenoxy) is 1. The molecular formula is C30H42N5O3S+. The van der Waals surface area contributed by atoms with Crippen molar-refractivity contribution in [1.29, 1.82) is 0 Å². The summed E-state index contributed by atoms with van der Waals surface area (Å²) in [4.78, 5) is 26.2. The van der Waals surface area contributed by atoms with Gasteiger partial charge in [0.2, 0.25) is 5.88 Å². The third-order valence-corrected chi connectivity index (χ3v) is 8.69. The molecule has 4 rings (SSSR count). The first kappa shape index (κ1) is 29.2. The molecule has 1 amide bonds. The second-order valence-corrected chi connectivity index (χ2v) is 12.1. The quantitative estimate of drug-likeness (QED) is 0.197. The van der Waals surface area contributed by atoms with Crippen LogP contribution in [0.4, 0.5) is 0 Å². The van der Waals surface area contributed by atoms with Gasteiger partial charge in [-0.05, 0) is 67.4 Å². The van der Waals surface area contributed by atoms with Crippen molar-refractivity contribution in [2.45, 2.75) is 68.7 Å². The average Bonchev–Trinajstić information content (AvgIpc) is 2.92. The van der Waals surface area contributed by atoms with Gasteiger partial charge in [0.15, 0.2) is 10.8 Å². The van der Waals surface area contributed by atoms with Crippen LogP contribution in [0.2, 0.25) is 0 Å². The van der Waals surface area contributed by atoms with Crippen LogP contribution in [0.5, 0.6) is 5.88 Å². The molecule has 1 saturated carbocycles. The lowest BCUT2D eigenvalue weighted by molar-refractivity contribution is -0.922. The highest BCUT2D eigenvalue weighted by Crippen LogP contribution is 2.39. The van der Waals surface area contributed by atoms with Gasteiger partial charge in [-0.3, -0.25) is 4.79 Å². The number of benzene rings is 1. The number of hydrogen-bond donors (Lipinski definition) is 2. The average molecular weight is 553 g/mol. The first-order valence-corrected chi connectivity index (χ1v) is 15.1. The number of fused-ring (bicyclic) bond motifs is 1. The molecule has 1 aliphatic carbocycles. The van der Waals surface area contributed by atoms with E-state index in [4.69, 9.17) is 15.5 Å². The lowest BCUT2D eigenvalue weighted by Gasteiger charge is -2.49. The molecule has 0 aliphatic heterocycles. The number of quaternary nitrogens is 1. The number of rotatable bonds is 12. The van der Waals surface area contributed by atoms with Gasteiger partial charge < -0.3 is 20.1 Å². The number of amides is 1. The third kappa shape index (κ3) is 6.88. The molecule has 3 atom stereocenters. The van der Waals surface area contributed by atoms with E-state index in [0.29, 0.717) is 42.8 Å². The van der Waals surface area contributed by atoms with Gasteiger partial charge in [-0.1, -0.05) is 43.3 Å². The van der Waals surface area contributed by atoms with E-state index in [2.05, 4.69) is 29.0 Å². The van der Waals surface area contributed by atoms with Crippen molar-refractivity contribution in [1.82, 2.24) is 15.0 Å². The first-order valence-electron chi connectivity index (χ1n) is 13.9. The Labute approximate surface area is 236 Å². The Morgan fingerprint density at radius 1 is 1.23 bits per heavy atom. The number of aryl methyl sites for hydroxylation is 1. The molecule has 1 aromatic carbocycles. The van der Waals surface area contributed by atoms with Crippen LogP contribution in [0.3, 0.4) is 0 Å². The van der Waals surface area contributed by atoms with Gasteiger partial charge in [0.05, 0.1) is 14.1 Å². The van der Waals surface area contributed by atoms with Crippen LogP contribution >= 0.6 is 11.8 Å². The summed E-state index contributed by atoms with van der Waals surface area (Å²) in [7, 11) is 4.08. The zero-order valence-electron chi connectivity index (χ0n) is 23.6. The molecule has 0 radical (unpaired) electrons. The van der Waals surface area contributed by atoms with Crippen LogP contribution in [-0.2, 0) is 17.6 Å². The number of pyridine rings is 1. The highest BCUT2D eigenvalue weighted by Gasteiger charge is 2.54. The van der Waals surface area contributed by atoms with Crippen molar-refractivity contribution < 1.29 is 19.1 Å². The molecule has 2 aromatic heterocycles. The molecular weight excluding hydrogens is 510 g/mol. The van der Waals surface area contributed by atoms with Crippen molar-refractivity contribution in [2.24, 2.45) is 11.7 Å². The fraction of sp³-hybridized carbons (Fsp3) is 0.533. The monoisotopic (exact) mass is 552 g/mol. The summed E-state index contributed by atoms with van der Waals surface area (Å²) >= 11 is 1.50.